The minimum Gasteiger partial charge on any atom is -0.396 e. The number of halogens is 2. The molecule has 0 radical (unpaired) electrons. The van der Waals surface area contributed by atoms with E-state index in [0.29, 0.717) is 28.7 Å². The summed E-state index contributed by atoms with van der Waals surface area (Å²) in [7, 11) is 0. The van der Waals surface area contributed by atoms with E-state index < -0.39 is 6.03 Å². The Balaban J connectivity index is 2.10. The normalized spacial score (nSPS) is 10.2. The molecule has 0 aromatic heterocycles. The van der Waals surface area contributed by atoms with Gasteiger partial charge in [0.25, 0.3) is 5.91 Å². The van der Waals surface area contributed by atoms with Crippen molar-refractivity contribution in [2.75, 3.05) is 23.8 Å². The van der Waals surface area contributed by atoms with Crippen LogP contribution >= 0.6 is 23.2 Å². The van der Waals surface area contributed by atoms with E-state index in [1.54, 1.807) is 30.3 Å². The molecule has 4 N–H and O–H groups in total. The number of urea groups is 1. The molecule has 0 atom stereocenters. The van der Waals surface area contributed by atoms with Crippen LogP contribution in [-0.2, 0) is 0 Å². The van der Waals surface area contributed by atoms with Crippen molar-refractivity contribution < 1.29 is 14.7 Å². The lowest BCUT2D eigenvalue weighted by Gasteiger charge is -2.13. The first-order valence-corrected chi connectivity index (χ1v) is 8.27. The summed E-state index contributed by atoms with van der Waals surface area (Å²) < 4.78 is 0. The fraction of sp³-hybridized carbons (Fsp3) is 0.176. The summed E-state index contributed by atoms with van der Waals surface area (Å²) in [4.78, 5) is 24.4. The summed E-state index contributed by atoms with van der Waals surface area (Å²) in [5.74, 6) is -0.372. The SMILES string of the molecule is O=C(Nc1cccc(Cl)c1)Nc1cc(Cl)ccc1C(=O)NCCCO. The number of carbonyl (C=O) groups excluding carboxylic acids is 2. The van der Waals surface area contributed by atoms with Crippen LogP contribution in [0, 0.1) is 0 Å². The van der Waals surface area contributed by atoms with Crippen molar-refractivity contribution in [3.05, 3.63) is 58.1 Å². The molecule has 0 saturated heterocycles. The van der Waals surface area contributed by atoms with E-state index in [0.717, 1.165) is 0 Å². The maximum Gasteiger partial charge on any atom is 0.323 e. The Hall–Kier alpha value is -2.28. The lowest BCUT2D eigenvalue weighted by atomic mass is 10.1. The molecule has 0 aliphatic heterocycles. The Kier molecular flexibility index (Phi) is 7.06. The van der Waals surface area contributed by atoms with Gasteiger partial charge in [0.2, 0.25) is 0 Å². The molecule has 0 aliphatic rings. The van der Waals surface area contributed by atoms with Crippen LogP contribution in [0.4, 0.5) is 16.2 Å². The van der Waals surface area contributed by atoms with E-state index in [4.69, 9.17) is 28.3 Å². The third-order valence-corrected chi connectivity index (χ3v) is 3.65. The predicted octanol–water partition coefficient (Wildman–Crippen LogP) is 3.75. The molecular formula is C17H17Cl2N3O3. The van der Waals surface area contributed by atoms with Gasteiger partial charge >= 0.3 is 6.03 Å². The molecule has 8 heteroatoms. The van der Waals surface area contributed by atoms with Crippen LogP contribution in [-0.4, -0.2) is 30.2 Å². The highest BCUT2D eigenvalue weighted by molar-refractivity contribution is 6.31. The molecule has 0 fully saturated rings. The molecule has 25 heavy (non-hydrogen) atoms. The van der Waals surface area contributed by atoms with Crippen molar-refractivity contribution in [3.63, 3.8) is 0 Å². The summed E-state index contributed by atoms with van der Waals surface area (Å²) in [6, 6.07) is 10.7. The lowest BCUT2D eigenvalue weighted by molar-refractivity contribution is 0.0952. The average Bonchev–Trinajstić information content (AvgIpc) is 2.55. The van der Waals surface area contributed by atoms with E-state index in [2.05, 4.69) is 16.0 Å². The van der Waals surface area contributed by atoms with Gasteiger partial charge in [-0.15, -0.1) is 0 Å². The van der Waals surface area contributed by atoms with Gasteiger partial charge in [0.15, 0.2) is 0 Å². The molecule has 0 aliphatic carbocycles. The highest BCUT2D eigenvalue weighted by Gasteiger charge is 2.14. The third-order valence-electron chi connectivity index (χ3n) is 3.18. The Bertz CT molecular complexity index is 769. The smallest absolute Gasteiger partial charge is 0.323 e. The highest BCUT2D eigenvalue weighted by atomic mass is 35.5. The van der Waals surface area contributed by atoms with Crippen LogP contribution in [0.1, 0.15) is 16.8 Å². The minimum absolute atomic E-state index is 0.0198. The summed E-state index contributed by atoms with van der Waals surface area (Å²) in [6.07, 6.45) is 0.442. The van der Waals surface area contributed by atoms with Gasteiger partial charge in [-0.25, -0.2) is 4.79 Å². The first kappa shape index (κ1) is 19.1. The van der Waals surface area contributed by atoms with Crippen LogP contribution < -0.4 is 16.0 Å². The van der Waals surface area contributed by atoms with Crippen molar-refractivity contribution in [1.82, 2.24) is 5.32 Å². The summed E-state index contributed by atoms with van der Waals surface area (Å²) >= 11 is 11.8. The molecule has 0 spiro atoms. The van der Waals surface area contributed by atoms with Crippen molar-refractivity contribution in [1.29, 1.82) is 0 Å². The number of hydrogen-bond acceptors (Lipinski definition) is 3. The van der Waals surface area contributed by atoms with Gasteiger partial charge in [-0.1, -0.05) is 29.3 Å². The highest BCUT2D eigenvalue weighted by Crippen LogP contribution is 2.22. The molecule has 3 amide bonds. The first-order chi connectivity index (χ1) is 12.0. The number of hydrogen-bond donors (Lipinski definition) is 4. The summed E-state index contributed by atoms with van der Waals surface area (Å²) in [5, 5.41) is 17.5. The quantitative estimate of drug-likeness (QED) is 0.574. The Morgan fingerprint density at radius 1 is 1.00 bits per heavy atom. The molecular weight excluding hydrogens is 365 g/mol. The monoisotopic (exact) mass is 381 g/mol. The van der Waals surface area contributed by atoms with Gasteiger partial charge in [0.1, 0.15) is 0 Å². The number of nitrogens with one attached hydrogen (secondary N) is 3. The molecule has 0 saturated carbocycles. The second kappa shape index (κ2) is 9.27. The number of anilines is 2. The Morgan fingerprint density at radius 2 is 1.76 bits per heavy atom. The first-order valence-electron chi connectivity index (χ1n) is 7.52. The van der Waals surface area contributed by atoms with Crippen LogP contribution in [0.25, 0.3) is 0 Å². The van der Waals surface area contributed by atoms with E-state index >= 15 is 0 Å². The molecule has 2 rings (SSSR count). The number of rotatable bonds is 6. The van der Waals surface area contributed by atoms with Crippen LogP contribution in [0.3, 0.4) is 0 Å². The maximum atomic E-state index is 12.2. The number of aliphatic hydroxyl groups excluding tert-OH is 1. The number of amides is 3. The summed E-state index contributed by atoms with van der Waals surface area (Å²) in [5.41, 5.74) is 1.05. The van der Waals surface area contributed by atoms with E-state index in [1.165, 1.54) is 12.1 Å². The van der Waals surface area contributed by atoms with Gasteiger partial charge in [-0.2, -0.15) is 0 Å². The second-order valence-electron chi connectivity index (χ2n) is 5.11. The van der Waals surface area contributed by atoms with Gasteiger partial charge in [-0.3, -0.25) is 4.79 Å². The van der Waals surface area contributed by atoms with Crippen molar-refractivity contribution in [2.24, 2.45) is 0 Å². The average molecular weight is 382 g/mol. The molecule has 0 bridgehead atoms. The fourth-order valence-corrected chi connectivity index (χ4v) is 2.41. The van der Waals surface area contributed by atoms with E-state index in [1.807, 2.05) is 0 Å². The zero-order valence-corrected chi connectivity index (χ0v) is 14.7. The van der Waals surface area contributed by atoms with Crippen molar-refractivity contribution in [3.8, 4) is 0 Å². The zero-order chi connectivity index (χ0) is 18.2. The van der Waals surface area contributed by atoms with E-state index in [-0.39, 0.29) is 23.8 Å². The molecule has 2 aromatic rings. The predicted molar refractivity (Wildman–Crippen MR) is 99.6 cm³/mol. The van der Waals surface area contributed by atoms with E-state index in [9.17, 15) is 9.59 Å². The number of carbonyl (C=O) groups is 2. The molecule has 2 aromatic carbocycles. The van der Waals surface area contributed by atoms with Crippen LogP contribution in [0.15, 0.2) is 42.5 Å². The van der Waals surface area contributed by atoms with Crippen molar-refractivity contribution in [2.45, 2.75) is 6.42 Å². The Labute approximate surface area is 155 Å². The standard InChI is InChI=1S/C17H17Cl2N3O3/c18-11-3-1-4-13(9-11)21-17(25)22-15-10-12(19)5-6-14(15)16(24)20-7-2-8-23/h1,3-6,9-10,23H,2,7-8H2,(H,20,24)(H2,21,22,25). The number of aliphatic hydroxyl groups is 1. The molecule has 132 valence electrons. The van der Waals surface area contributed by atoms with Crippen LogP contribution in [0.5, 0.6) is 0 Å². The van der Waals surface area contributed by atoms with Gasteiger partial charge in [0.05, 0.1) is 11.3 Å². The molecule has 0 unspecified atom stereocenters. The third kappa shape index (κ3) is 5.94. The topological polar surface area (TPSA) is 90.5 Å². The van der Waals surface area contributed by atoms with Gasteiger partial charge < -0.3 is 21.1 Å². The maximum absolute atomic E-state index is 12.2. The summed E-state index contributed by atoms with van der Waals surface area (Å²) in [6.45, 7) is 0.306. The van der Waals surface area contributed by atoms with Crippen LogP contribution in [0.2, 0.25) is 10.0 Å². The largest absolute Gasteiger partial charge is 0.396 e. The van der Waals surface area contributed by atoms with Crippen molar-refractivity contribution >= 4 is 46.5 Å². The lowest BCUT2D eigenvalue weighted by Crippen LogP contribution is -2.27. The zero-order valence-electron chi connectivity index (χ0n) is 13.2. The fourth-order valence-electron chi connectivity index (χ4n) is 2.04. The number of benzene rings is 2. The second-order valence-corrected chi connectivity index (χ2v) is 5.99. The molecule has 0 heterocycles. The van der Waals surface area contributed by atoms with Gasteiger partial charge in [0, 0.05) is 28.9 Å². The van der Waals surface area contributed by atoms with Gasteiger partial charge in [-0.05, 0) is 42.8 Å². The minimum atomic E-state index is -0.533. The Morgan fingerprint density at radius 3 is 2.48 bits per heavy atom. The molecule has 6 nitrogen and oxygen atoms in total.